The maximum absolute atomic E-state index is 11.8. The lowest BCUT2D eigenvalue weighted by Gasteiger charge is -2.23. The highest BCUT2D eigenvalue weighted by Gasteiger charge is 2.41. The molecule has 0 unspecified atom stereocenters. The largest absolute Gasteiger partial charge is 0.298 e. The van der Waals surface area contributed by atoms with E-state index < -0.39 is 0 Å². The number of ketones is 1. The highest BCUT2D eigenvalue weighted by Crippen LogP contribution is 2.47. The highest BCUT2D eigenvalue weighted by molar-refractivity contribution is 9.10. The van der Waals surface area contributed by atoms with Crippen LogP contribution >= 0.6 is 15.9 Å². The minimum atomic E-state index is 0.135. The van der Waals surface area contributed by atoms with Gasteiger partial charge in [-0.25, -0.2) is 0 Å². The first-order chi connectivity index (χ1) is 6.59. The van der Waals surface area contributed by atoms with E-state index in [4.69, 9.17) is 0 Å². The molecule has 2 aliphatic carbocycles. The molecule has 0 aromatic rings. The Bertz CT molecular complexity index is 238. The Morgan fingerprint density at radius 1 is 1.14 bits per heavy atom. The molecule has 2 saturated carbocycles. The van der Waals surface area contributed by atoms with E-state index in [2.05, 4.69) is 29.8 Å². The lowest BCUT2D eigenvalue weighted by atomic mass is 9.81. The lowest BCUT2D eigenvalue weighted by molar-refractivity contribution is -0.119. The average Bonchev–Trinajstić information content (AvgIpc) is 2.43. The summed E-state index contributed by atoms with van der Waals surface area (Å²) in [4.78, 5) is 11.9. The summed E-state index contributed by atoms with van der Waals surface area (Å²) < 4.78 is 0. The average molecular weight is 259 g/mol. The van der Waals surface area contributed by atoms with Crippen LogP contribution in [0.25, 0.3) is 0 Å². The zero-order chi connectivity index (χ0) is 10.3. The van der Waals surface area contributed by atoms with Gasteiger partial charge in [-0.3, -0.25) is 4.79 Å². The number of halogens is 1. The van der Waals surface area contributed by atoms with E-state index in [9.17, 15) is 4.79 Å². The smallest absolute Gasteiger partial charge is 0.146 e. The van der Waals surface area contributed by atoms with Gasteiger partial charge in [0.15, 0.2) is 0 Å². The van der Waals surface area contributed by atoms with Gasteiger partial charge in [0.1, 0.15) is 5.78 Å². The van der Waals surface area contributed by atoms with Crippen LogP contribution in [-0.4, -0.2) is 10.6 Å². The minimum Gasteiger partial charge on any atom is -0.298 e. The molecular weight excluding hydrogens is 240 g/mol. The number of Topliss-reactive ketones (excluding diaryl/α,β-unsaturated/α-hetero) is 1. The van der Waals surface area contributed by atoms with Gasteiger partial charge < -0.3 is 0 Å². The molecule has 2 fully saturated rings. The molecule has 2 aliphatic rings. The maximum atomic E-state index is 11.8. The zero-order valence-corrected chi connectivity index (χ0v) is 10.6. The van der Waals surface area contributed by atoms with Gasteiger partial charge in [-0.15, -0.1) is 0 Å². The van der Waals surface area contributed by atoms with E-state index in [1.54, 1.807) is 0 Å². The fourth-order valence-corrected chi connectivity index (χ4v) is 4.13. The summed E-state index contributed by atoms with van der Waals surface area (Å²) in [6.07, 6.45) is 4.55. The van der Waals surface area contributed by atoms with Crippen molar-refractivity contribution < 1.29 is 4.79 Å². The van der Waals surface area contributed by atoms with Gasteiger partial charge in [-0.05, 0) is 36.5 Å². The van der Waals surface area contributed by atoms with E-state index in [0.29, 0.717) is 11.7 Å². The quantitative estimate of drug-likeness (QED) is 0.609. The number of rotatable bonds is 0. The second-order valence-electron chi connectivity index (χ2n) is 5.23. The summed E-state index contributed by atoms with van der Waals surface area (Å²) in [6, 6.07) is 0. The minimum absolute atomic E-state index is 0.135. The monoisotopic (exact) mass is 258 g/mol. The number of hydrogen-bond acceptors (Lipinski definition) is 1. The Labute approximate surface area is 94.8 Å². The van der Waals surface area contributed by atoms with Gasteiger partial charge in [0.05, 0.1) is 4.83 Å². The third-order valence-electron chi connectivity index (χ3n) is 4.33. The van der Waals surface area contributed by atoms with Crippen LogP contribution in [0.4, 0.5) is 0 Å². The van der Waals surface area contributed by atoms with Gasteiger partial charge in [-0.1, -0.05) is 36.2 Å². The molecule has 2 rings (SSSR count). The molecule has 0 N–H and O–H groups in total. The molecule has 0 spiro atoms. The molecule has 5 atom stereocenters. The van der Waals surface area contributed by atoms with E-state index in [0.717, 1.165) is 30.6 Å². The summed E-state index contributed by atoms with van der Waals surface area (Å²) in [5.41, 5.74) is 0. The highest BCUT2D eigenvalue weighted by atomic mass is 79.9. The van der Waals surface area contributed by atoms with E-state index in [1.807, 2.05) is 0 Å². The predicted molar refractivity (Wildman–Crippen MR) is 61.5 cm³/mol. The maximum Gasteiger partial charge on any atom is 0.146 e. The number of hydrogen-bond donors (Lipinski definition) is 0. The summed E-state index contributed by atoms with van der Waals surface area (Å²) in [5.74, 6) is 3.43. The molecule has 2 heteroatoms. The Hall–Kier alpha value is 0.150. The third kappa shape index (κ3) is 1.78. The van der Waals surface area contributed by atoms with Gasteiger partial charge in [-0.2, -0.15) is 0 Å². The molecule has 80 valence electrons. The van der Waals surface area contributed by atoms with Crippen LogP contribution in [0.3, 0.4) is 0 Å². The van der Waals surface area contributed by atoms with Crippen LogP contribution in [0.5, 0.6) is 0 Å². The lowest BCUT2D eigenvalue weighted by Crippen LogP contribution is -2.18. The first kappa shape index (κ1) is 10.7. The van der Waals surface area contributed by atoms with E-state index in [1.165, 1.54) is 12.8 Å². The first-order valence-electron chi connectivity index (χ1n) is 5.76. The van der Waals surface area contributed by atoms with Crippen molar-refractivity contribution in [3.63, 3.8) is 0 Å². The van der Waals surface area contributed by atoms with Crippen molar-refractivity contribution in [3.05, 3.63) is 0 Å². The molecule has 0 aliphatic heterocycles. The number of fused-ring (bicyclic) bond motifs is 1. The topological polar surface area (TPSA) is 17.1 Å². The predicted octanol–water partition coefficient (Wildman–Crippen LogP) is 3.41. The fourth-order valence-electron chi connectivity index (χ4n) is 3.36. The standard InChI is InChI=1S/C12H19BrO/c1-7-3-4-9-8(2)5-11(13)12(14)6-10(7)9/h7-11H,3-6H2,1-2H3/t7-,8-,9+,10+,11+/m0/s1. The summed E-state index contributed by atoms with van der Waals surface area (Å²) in [5, 5.41) is 0. The molecule has 0 aromatic carbocycles. The Balaban J connectivity index is 2.18. The summed E-state index contributed by atoms with van der Waals surface area (Å²) in [6.45, 7) is 4.64. The van der Waals surface area contributed by atoms with Crippen LogP contribution in [0.15, 0.2) is 0 Å². The van der Waals surface area contributed by atoms with E-state index in [-0.39, 0.29) is 4.83 Å². The summed E-state index contributed by atoms with van der Waals surface area (Å²) >= 11 is 3.52. The molecule has 0 radical (unpaired) electrons. The molecule has 0 saturated heterocycles. The summed E-state index contributed by atoms with van der Waals surface area (Å²) in [7, 11) is 0. The first-order valence-corrected chi connectivity index (χ1v) is 6.68. The third-order valence-corrected chi connectivity index (χ3v) is 5.22. The molecule has 0 aromatic heterocycles. The van der Waals surface area contributed by atoms with Gasteiger partial charge in [0.25, 0.3) is 0 Å². The number of carbonyl (C=O) groups is 1. The van der Waals surface area contributed by atoms with Crippen LogP contribution in [0.1, 0.15) is 39.5 Å². The van der Waals surface area contributed by atoms with Crippen molar-refractivity contribution in [2.75, 3.05) is 0 Å². The van der Waals surface area contributed by atoms with Crippen LogP contribution in [-0.2, 0) is 4.79 Å². The van der Waals surface area contributed by atoms with Gasteiger partial charge in [0.2, 0.25) is 0 Å². The van der Waals surface area contributed by atoms with Gasteiger partial charge in [0, 0.05) is 6.42 Å². The Morgan fingerprint density at radius 3 is 2.57 bits per heavy atom. The van der Waals surface area contributed by atoms with Crippen molar-refractivity contribution in [1.82, 2.24) is 0 Å². The van der Waals surface area contributed by atoms with Crippen molar-refractivity contribution in [3.8, 4) is 0 Å². The molecular formula is C12H19BrO. The Morgan fingerprint density at radius 2 is 1.86 bits per heavy atom. The van der Waals surface area contributed by atoms with Crippen molar-refractivity contribution in [2.24, 2.45) is 23.7 Å². The molecule has 0 heterocycles. The zero-order valence-electron chi connectivity index (χ0n) is 9.00. The normalized spacial score (nSPS) is 48.8. The Kier molecular flexibility index (Phi) is 3.01. The number of alkyl halides is 1. The van der Waals surface area contributed by atoms with Crippen molar-refractivity contribution >= 4 is 21.7 Å². The van der Waals surface area contributed by atoms with Crippen molar-refractivity contribution in [1.29, 1.82) is 0 Å². The number of carbonyl (C=O) groups excluding carboxylic acids is 1. The second kappa shape index (κ2) is 3.96. The van der Waals surface area contributed by atoms with Gasteiger partial charge >= 0.3 is 0 Å². The second-order valence-corrected chi connectivity index (χ2v) is 6.34. The van der Waals surface area contributed by atoms with Crippen LogP contribution < -0.4 is 0 Å². The fraction of sp³-hybridized carbons (Fsp3) is 0.917. The van der Waals surface area contributed by atoms with Crippen LogP contribution in [0.2, 0.25) is 0 Å². The molecule has 0 amide bonds. The van der Waals surface area contributed by atoms with E-state index >= 15 is 0 Å². The SMILES string of the molecule is C[C@H]1CC[C@H]2[C@@H]1CC(=O)[C@H](Br)C[C@@H]2C. The molecule has 14 heavy (non-hydrogen) atoms. The molecule has 0 bridgehead atoms. The van der Waals surface area contributed by atoms with Crippen LogP contribution in [0, 0.1) is 23.7 Å². The van der Waals surface area contributed by atoms with Crippen molar-refractivity contribution in [2.45, 2.75) is 44.4 Å². The molecule has 1 nitrogen and oxygen atoms in total.